The molecule has 0 fully saturated rings. The number of rotatable bonds is 6. The van der Waals surface area contributed by atoms with Gasteiger partial charge in [-0.3, -0.25) is 0 Å². The molecule has 0 bridgehead atoms. The normalized spacial score (nSPS) is 11.7. The molecule has 0 aliphatic heterocycles. The number of carbonyl (C=O) groups excluding carboxylic acids is 1. The number of ether oxygens (including phenoxy) is 1. The summed E-state index contributed by atoms with van der Waals surface area (Å²) in [7, 11) is 1.40. The summed E-state index contributed by atoms with van der Waals surface area (Å²) in [6, 6.07) is 18.0. The highest BCUT2D eigenvalue weighted by Crippen LogP contribution is 2.24. The molecule has 3 nitrogen and oxygen atoms in total. The fourth-order valence-electron chi connectivity index (χ4n) is 2.35. The first-order valence-electron chi connectivity index (χ1n) is 7.24. The van der Waals surface area contributed by atoms with Gasteiger partial charge in [0.15, 0.2) is 0 Å². The molecule has 21 heavy (non-hydrogen) atoms. The number of methoxy groups -OCH3 is 1. The highest BCUT2D eigenvalue weighted by molar-refractivity contribution is 5.90. The maximum absolute atomic E-state index is 11.6. The molecule has 2 aromatic carbocycles. The van der Waals surface area contributed by atoms with Crippen LogP contribution in [0.4, 0.5) is 5.69 Å². The van der Waals surface area contributed by atoms with Crippen LogP contribution in [-0.2, 0) is 4.74 Å². The molecule has 1 N–H and O–H groups in total. The zero-order valence-corrected chi connectivity index (χ0v) is 12.5. The molecule has 1 unspecified atom stereocenters. The Labute approximate surface area is 126 Å². The van der Waals surface area contributed by atoms with E-state index in [0.29, 0.717) is 5.56 Å². The Kier molecular flexibility index (Phi) is 5.38. The summed E-state index contributed by atoms with van der Waals surface area (Å²) < 4.78 is 4.76. The molecule has 110 valence electrons. The van der Waals surface area contributed by atoms with Crippen LogP contribution in [0.5, 0.6) is 0 Å². The minimum atomic E-state index is -0.314. The topological polar surface area (TPSA) is 38.3 Å². The molecule has 3 heteroatoms. The first-order chi connectivity index (χ1) is 10.2. The van der Waals surface area contributed by atoms with Crippen LogP contribution in [0.15, 0.2) is 54.6 Å². The van der Waals surface area contributed by atoms with Crippen molar-refractivity contribution >= 4 is 11.7 Å². The Hall–Kier alpha value is -2.29. The highest BCUT2D eigenvalue weighted by Gasteiger charge is 2.11. The van der Waals surface area contributed by atoms with Crippen LogP contribution in [0, 0.1) is 0 Å². The van der Waals surface area contributed by atoms with Crippen LogP contribution < -0.4 is 5.32 Å². The number of nitrogens with one attached hydrogen (secondary N) is 1. The van der Waals surface area contributed by atoms with Gasteiger partial charge < -0.3 is 10.1 Å². The molecule has 0 radical (unpaired) electrons. The fourth-order valence-corrected chi connectivity index (χ4v) is 2.35. The molecule has 0 amide bonds. The predicted octanol–water partition coefficient (Wildman–Crippen LogP) is 4.43. The highest BCUT2D eigenvalue weighted by atomic mass is 16.5. The lowest BCUT2D eigenvalue weighted by Gasteiger charge is -2.20. The molecule has 0 heterocycles. The van der Waals surface area contributed by atoms with E-state index in [0.717, 1.165) is 18.5 Å². The molecule has 0 spiro atoms. The molecule has 0 saturated carbocycles. The van der Waals surface area contributed by atoms with E-state index in [-0.39, 0.29) is 12.0 Å². The Morgan fingerprint density at radius 1 is 1.14 bits per heavy atom. The van der Waals surface area contributed by atoms with Crippen molar-refractivity contribution in [1.29, 1.82) is 0 Å². The summed E-state index contributed by atoms with van der Waals surface area (Å²) in [5.41, 5.74) is 2.74. The van der Waals surface area contributed by atoms with E-state index in [9.17, 15) is 4.79 Å². The molecule has 0 aliphatic carbocycles. The van der Waals surface area contributed by atoms with Crippen molar-refractivity contribution in [2.24, 2.45) is 0 Å². The van der Waals surface area contributed by atoms with E-state index < -0.39 is 0 Å². The summed E-state index contributed by atoms with van der Waals surface area (Å²) in [4.78, 5) is 11.6. The van der Waals surface area contributed by atoms with Gasteiger partial charge in [0, 0.05) is 5.69 Å². The van der Waals surface area contributed by atoms with E-state index in [2.05, 4.69) is 24.4 Å². The third-order valence-corrected chi connectivity index (χ3v) is 3.40. The van der Waals surface area contributed by atoms with Gasteiger partial charge in [0.25, 0.3) is 0 Å². The SMILES string of the molecule is CCCC(Nc1cccc(C(=O)OC)c1)c1ccccc1. The summed E-state index contributed by atoms with van der Waals surface area (Å²) >= 11 is 0. The smallest absolute Gasteiger partial charge is 0.337 e. The second-order valence-electron chi connectivity index (χ2n) is 4.97. The number of hydrogen-bond donors (Lipinski definition) is 1. The van der Waals surface area contributed by atoms with E-state index in [1.807, 2.05) is 36.4 Å². The number of benzene rings is 2. The third kappa shape index (κ3) is 4.09. The van der Waals surface area contributed by atoms with Gasteiger partial charge in [0.05, 0.1) is 18.7 Å². The standard InChI is InChI=1S/C18H21NO2/c1-3-8-17(14-9-5-4-6-10-14)19-16-12-7-11-15(13-16)18(20)21-2/h4-7,9-13,17,19H,3,8H2,1-2H3. The van der Waals surface area contributed by atoms with Gasteiger partial charge in [-0.05, 0) is 30.2 Å². The lowest BCUT2D eigenvalue weighted by Crippen LogP contribution is -2.11. The fraction of sp³-hybridized carbons (Fsp3) is 0.278. The Balaban J connectivity index is 2.19. The predicted molar refractivity (Wildman–Crippen MR) is 85.5 cm³/mol. The Bertz CT molecular complexity index is 581. The van der Waals surface area contributed by atoms with Crippen molar-refractivity contribution < 1.29 is 9.53 Å². The minimum Gasteiger partial charge on any atom is -0.465 e. The van der Waals surface area contributed by atoms with Gasteiger partial charge in [-0.1, -0.05) is 49.7 Å². The molecule has 0 aliphatic rings. The molecule has 0 saturated heterocycles. The van der Waals surface area contributed by atoms with Crippen LogP contribution >= 0.6 is 0 Å². The van der Waals surface area contributed by atoms with Crippen molar-refractivity contribution in [3.05, 3.63) is 65.7 Å². The largest absolute Gasteiger partial charge is 0.465 e. The van der Waals surface area contributed by atoms with Gasteiger partial charge >= 0.3 is 5.97 Å². The second kappa shape index (κ2) is 7.48. The third-order valence-electron chi connectivity index (χ3n) is 3.40. The van der Waals surface area contributed by atoms with Crippen molar-refractivity contribution in [3.8, 4) is 0 Å². The zero-order valence-electron chi connectivity index (χ0n) is 12.5. The summed E-state index contributed by atoms with van der Waals surface area (Å²) in [5, 5.41) is 3.51. The average molecular weight is 283 g/mol. The van der Waals surface area contributed by atoms with Crippen LogP contribution in [0.3, 0.4) is 0 Å². The van der Waals surface area contributed by atoms with Crippen LogP contribution in [0.2, 0.25) is 0 Å². The van der Waals surface area contributed by atoms with Crippen molar-refractivity contribution in [1.82, 2.24) is 0 Å². The van der Waals surface area contributed by atoms with E-state index in [1.165, 1.54) is 12.7 Å². The Morgan fingerprint density at radius 2 is 1.90 bits per heavy atom. The second-order valence-corrected chi connectivity index (χ2v) is 4.97. The maximum Gasteiger partial charge on any atom is 0.337 e. The van der Waals surface area contributed by atoms with Crippen LogP contribution in [0.1, 0.15) is 41.7 Å². The minimum absolute atomic E-state index is 0.240. The van der Waals surface area contributed by atoms with Crippen molar-refractivity contribution in [2.75, 3.05) is 12.4 Å². The average Bonchev–Trinajstić information content (AvgIpc) is 2.55. The lowest BCUT2D eigenvalue weighted by atomic mass is 10.0. The summed E-state index contributed by atoms with van der Waals surface area (Å²) in [6.45, 7) is 2.17. The zero-order chi connectivity index (χ0) is 15.1. The summed E-state index contributed by atoms with van der Waals surface area (Å²) in [5.74, 6) is -0.314. The van der Waals surface area contributed by atoms with Gasteiger partial charge in [-0.25, -0.2) is 4.79 Å². The quantitative estimate of drug-likeness (QED) is 0.797. The summed E-state index contributed by atoms with van der Waals surface area (Å²) in [6.07, 6.45) is 2.12. The molecule has 2 rings (SSSR count). The molecular formula is C18H21NO2. The van der Waals surface area contributed by atoms with E-state index in [4.69, 9.17) is 4.74 Å². The lowest BCUT2D eigenvalue weighted by molar-refractivity contribution is 0.0601. The van der Waals surface area contributed by atoms with Gasteiger partial charge in [-0.2, -0.15) is 0 Å². The number of anilines is 1. The van der Waals surface area contributed by atoms with Gasteiger partial charge in [-0.15, -0.1) is 0 Å². The first kappa shape index (κ1) is 15.1. The van der Waals surface area contributed by atoms with E-state index in [1.54, 1.807) is 6.07 Å². The van der Waals surface area contributed by atoms with Crippen molar-refractivity contribution in [2.45, 2.75) is 25.8 Å². The van der Waals surface area contributed by atoms with Gasteiger partial charge in [0.1, 0.15) is 0 Å². The van der Waals surface area contributed by atoms with Crippen molar-refractivity contribution in [3.63, 3.8) is 0 Å². The number of esters is 1. The number of hydrogen-bond acceptors (Lipinski definition) is 3. The molecular weight excluding hydrogens is 262 g/mol. The molecule has 0 aromatic heterocycles. The maximum atomic E-state index is 11.6. The van der Waals surface area contributed by atoms with E-state index >= 15 is 0 Å². The number of carbonyl (C=O) groups is 1. The first-order valence-corrected chi connectivity index (χ1v) is 7.24. The van der Waals surface area contributed by atoms with Gasteiger partial charge in [0.2, 0.25) is 0 Å². The molecule has 1 atom stereocenters. The Morgan fingerprint density at radius 3 is 2.57 bits per heavy atom. The monoisotopic (exact) mass is 283 g/mol. The van der Waals surface area contributed by atoms with Crippen LogP contribution in [-0.4, -0.2) is 13.1 Å². The van der Waals surface area contributed by atoms with Crippen LogP contribution in [0.25, 0.3) is 0 Å². The molecule has 2 aromatic rings.